The van der Waals surface area contributed by atoms with Crippen LogP contribution in [0.5, 0.6) is 0 Å². The van der Waals surface area contributed by atoms with Crippen LogP contribution < -0.4 is 4.90 Å². The third-order valence-corrected chi connectivity index (χ3v) is 6.11. The van der Waals surface area contributed by atoms with Crippen molar-refractivity contribution in [2.45, 2.75) is 51.9 Å². The maximum absolute atomic E-state index is 13.3. The van der Waals surface area contributed by atoms with Gasteiger partial charge in [-0.1, -0.05) is 25.9 Å². The smallest absolute Gasteiger partial charge is 0.253 e. The van der Waals surface area contributed by atoms with Gasteiger partial charge in [-0.3, -0.25) is 4.79 Å². The summed E-state index contributed by atoms with van der Waals surface area (Å²) in [5, 5.41) is 4.05. The van der Waals surface area contributed by atoms with Crippen LogP contribution in [0.25, 0.3) is 11.3 Å². The second-order valence-corrected chi connectivity index (χ2v) is 10.1. The summed E-state index contributed by atoms with van der Waals surface area (Å²) in [6, 6.07) is 9.70. The fourth-order valence-electron chi connectivity index (χ4n) is 4.22. The fourth-order valence-corrected chi connectivity index (χ4v) is 4.22. The van der Waals surface area contributed by atoms with Crippen LogP contribution in [0, 0.1) is 6.92 Å². The Balaban J connectivity index is 1.64. The quantitative estimate of drug-likeness (QED) is 0.571. The van der Waals surface area contributed by atoms with Crippen molar-refractivity contribution in [3.63, 3.8) is 0 Å². The SMILES string of the molecule is Cc1cc(-c2cnc(C(C)(C)C)nc2C2CCCN(C(=O)c3ccc(N(C)C)cc3)C2)on1. The molecule has 7 nitrogen and oxygen atoms in total. The summed E-state index contributed by atoms with van der Waals surface area (Å²) >= 11 is 0. The predicted octanol–water partition coefficient (Wildman–Crippen LogP) is 4.82. The van der Waals surface area contributed by atoms with Gasteiger partial charge in [0, 0.05) is 62.0 Å². The van der Waals surface area contributed by atoms with Gasteiger partial charge in [-0.2, -0.15) is 0 Å². The Morgan fingerprint density at radius 1 is 1.18 bits per heavy atom. The highest BCUT2D eigenvalue weighted by Crippen LogP contribution is 2.35. The number of rotatable bonds is 4. The molecule has 1 aromatic carbocycles. The molecule has 1 unspecified atom stereocenters. The molecule has 0 saturated carbocycles. The van der Waals surface area contributed by atoms with Gasteiger partial charge in [0.15, 0.2) is 5.76 Å². The van der Waals surface area contributed by atoms with Crippen molar-refractivity contribution >= 4 is 11.6 Å². The lowest BCUT2D eigenvalue weighted by atomic mass is 9.89. The van der Waals surface area contributed by atoms with Crippen LogP contribution >= 0.6 is 0 Å². The Kier molecular flexibility index (Phi) is 6.23. The van der Waals surface area contributed by atoms with Gasteiger partial charge >= 0.3 is 0 Å². The molecule has 0 spiro atoms. The molecule has 1 saturated heterocycles. The Labute approximate surface area is 195 Å². The van der Waals surface area contributed by atoms with Crippen molar-refractivity contribution in [1.82, 2.24) is 20.0 Å². The monoisotopic (exact) mass is 447 g/mol. The Morgan fingerprint density at radius 3 is 2.52 bits per heavy atom. The van der Waals surface area contributed by atoms with Gasteiger partial charge in [-0.15, -0.1) is 0 Å². The zero-order valence-corrected chi connectivity index (χ0v) is 20.4. The van der Waals surface area contributed by atoms with Gasteiger partial charge in [-0.05, 0) is 44.0 Å². The van der Waals surface area contributed by atoms with Crippen molar-refractivity contribution in [2.75, 3.05) is 32.1 Å². The first-order chi connectivity index (χ1) is 15.6. The number of anilines is 1. The molecule has 1 aliphatic heterocycles. The minimum absolute atomic E-state index is 0.0622. The first kappa shape index (κ1) is 23.0. The summed E-state index contributed by atoms with van der Waals surface area (Å²) in [5.41, 5.74) is 4.22. The predicted molar refractivity (Wildman–Crippen MR) is 130 cm³/mol. The summed E-state index contributed by atoms with van der Waals surface area (Å²) in [4.78, 5) is 26.9. The minimum atomic E-state index is -0.178. The number of aryl methyl sites for hydroxylation is 1. The van der Waals surface area contributed by atoms with E-state index in [4.69, 9.17) is 9.51 Å². The maximum Gasteiger partial charge on any atom is 0.253 e. The van der Waals surface area contributed by atoms with Crippen molar-refractivity contribution in [3.8, 4) is 11.3 Å². The number of carbonyl (C=O) groups excluding carboxylic acids is 1. The van der Waals surface area contributed by atoms with E-state index in [1.165, 1.54) is 0 Å². The lowest BCUT2D eigenvalue weighted by Gasteiger charge is -2.33. The van der Waals surface area contributed by atoms with Crippen LogP contribution in [0.2, 0.25) is 0 Å². The largest absolute Gasteiger partial charge is 0.378 e. The molecule has 174 valence electrons. The van der Waals surface area contributed by atoms with Crippen LogP contribution in [0.15, 0.2) is 41.1 Å². The highest BCUT2D eigenvalue weighted by molar-refractivity contribution is 5.94. The average molecular weight is 448 g/mol. The molecular weight excluding hydrogens is 414 g/mol. The summed E-state index contributed by atoms with van der Waals surface area (Å²) in [6.07, 6.45) is 3.74. The number of benzene rings is 1. The Hall–Kier alpha value is -3.22. The molecule has 3 heterocycles. The molecule has 0 radical (unpaired) electrons. The van der Waals surface area contributed by atoms with Gasteiger partial charge in [-0.25, -0.2) is 9.97 Å². The van der Waals surface area contributed by atoms with Crippen LogP contribution in [0.1, 0.15) is 67.1 Å². The van der Waals surface area contributed by atoms with E-state index in [-0.39, 0.29) is 17.2 Å². The number of amides is 1. The molecule has 0 N–H and O–H groups in total. The summed E-state index contributed by atoms with van der Waals surface area (Å²) in [5.74, 6) is 1.63. The summed E-state index contributed by atoms with van der Waals surface area (Å²) in [6.45, 7) is 9.60. The molecule has 3 aromatic rings. The molecule has 1 atom stereocenters. The number of hydrogen-bond acceptors (Lipinski definition) is 6. The molecule has 7 heteroatoms. The maximum atomic E-state index is 13.3. The number of likely N-dealkylation sites (tertiary alicyclic amines) is 1. The van der Waals surface area contributed by atoms with E-state index in [2.05, 4.69) is 30.9 Å². The molecule has 1 fully saturated rings. The van der Waals surface area contributed by atoms with Crippen molar-refractivity contribution in [2.24, 2.45) is 0 Å². The molecule has 33 heavy (non-hydrogen) atoms. The van der Waals surface area contributed by atoms with E-state index in [1.54, 1.807) is 0 Å². The van der Waals surface area contributed by atoms with Crippen molar-refractivity contribution in [1.29, 1.82) is 0 Å². The van der Waals surface area contributed by atoms with E-state index >= 15 is 0 Å². The van der Waals surface area contributed by atoms with Gasteiger partial charge in [0.25, 0.3) is 5.91 Å². The zero-order valence-electron chi connectivity index (χ0n) is 20.4. The minimum Gasteiger partial charge on any atom is -0.378 e. The number of piperidine rings is 1. The highest BCUT2D eigenvalue weighted by Gasteiger charge is 2.30. The zero-order chi connectivity index (χ0) is 23.8. The summed E-state index contributed by atoms with van der Waals surface area (Å²) < 4.78 is 5.57. The average Bonchev–Trinajstić information content (AvgIpc) is 3.24. The molecular formula is C26H33N5O2. The number of hydrogen-bond donors (Lipinski definition) is 0. The van der Waals surface area contributed by atoms with Crippen molar-refractivity contribution < 1.29 is 9.32 Å². The van der Waals surface area contributed by atoms with E-state index in [0.29, 0.717) is 17.9 Å². The number of aromatic nitrogens is 3. The van der Waals surface area contributed by atoms with Crippen LogP contribution in [0.3, 0.4) is 0 Å². The standard InChI is InChI=1S/C26H33N5O2/c1-17-14-22(33-29-17)21-15-27-25(26(2,3)4)28-23(21)19-8-7-13-31(16-19)24(32)18-9-11-20(12-10-18)30(5)6/h9-12,14-15,19H,7-8,13,16H2,1-6H3. The summed E-state index contributed by atoms with van der Waals surface area (Å²) in [7, 11) is 3.99. The molecule has 4 rings (SSSR count). The van der Waals surface area contributed by atoms with E-state index in [0.717, 1.165) is 47.8 Å². The third kappa shape index (κ3) is 4.92. The Morgan fingerprint density at radius 2 is 1.91 bits per heavy atom. The first-order valence-corrected chi connectivity index (χ1v) is 11.5. The fraction of sp³-hybridized carbons (Fsp3) is 0.462. The lowest BCUT2D eigenvalue weighted by Crippen LogP contribution is -2.39. The molecule has 0 bridgehead atoms. The third-order valence-electron chi connectivity index (χ3n) is 6.11. The topological polar surface area (TPSA) is 75.4 Å². The molecule has 0 aliphatic carbocycles. The molecule has 2 aromatic heterocycles. The first-order valence-electron chi connectivity index (χ1n) is 11.5. The highest BCUT2D eigenvalue weighted by atomic mass is 16.5. The van der Waals surface area contributed by atoms with Gasteiger partial charge in [0.05, 0.1) is 17.0 Å². The molecule has 1 amide bonds. The van der Waals surface area contributed by atoms with E-state index < -0.39 is 0 Å². The lowest BCUT2D eigenvalue weighted by molar-refractivity contribution is 0.0706. The normalized spacial score (nSPS) is 16.7. The Bertz CT molecular complexity index is 1130. The number of nitrogens with zero attached hydrogens (tertiary/aromatic N) is 5. The van der Waals surface area contributed by atoms with Gasteiger partial charge in [0.1, 0.15) is 5.82 Å². The van der Waals surface area contributed by atoms with E-state index in [1.807, 2.05) is 67.3 Å². The van der Waals surface area contributed by atoms with Gasteiger partial charge < -0.3 is 14.3 Å². The van der Waals surface area contributed by atoms with Crippen LogP contribution in [-0.2, 0) is 5.41 Å². The van der Waals surface area contributed by atoms with Crippen LogP contribution in [0.4, 0.5) is 5.69 Å². The van der Waals surface area contributed by atoms with Gasteiger partial charge in [0.2, 0.25) is 0 Å². The number of carbonyl (C=O) groups is 1. The molecule has 1 aliphatic rings. The van der Waals surface area contributed by atoms with Crippen molar-refractivity contribution in [3.05, 3.63) is 59.3 Å². The second-order valence-electron chi connectivity index (χ2n) is 10.1. The van der Waals surface area contributed by atoms with E-state index in [9.17, 15) is 4.79 Å². The second kappa shape index (κ2) is 8.96. The van der Waals surface area contributed by atoms with Crippen LogP contribution in [-0.4, -0.2) is 53.1 Å².